The van der Waals surface area contributed by atoms with Crippen molar-refractivity contribution >= 4 is 12.4 Å². The summed E-state index contributed by atoms with van der Waals surface area (Å²) in [7, 11) is 4.05. The van der Waals surface area contributed by atoms with Crippen LogP contribution in [0, 0.1) is 13.8 Å². The zero-order valence-corrected chi connectivity index (χ0v) is 25.1. The van der Waals surface area contributed by atoms with Gasteiger partial charge in [-0.1, -0.05) is 97.1 Å². The Morgan fingerprint density at radius 3 is 1.31 bits per heavy atom. The fraction of sp³-hybridized carbons (Fsp3) is 0.167. The van der Waals surface area contributed by atoms with Gasteiger partial charge in [-0.25, -0.2) is 9.97 Å². The second-order valence-corrected chi connectivity index (χ2v) is 10.5. The molecule has 0 aliphatic carbocycles. The second kappa shape index (κ2) is 12.6. The number of halogens is 1. The lowest BCUT2D eigenvalue weighted by atomic mass is 9.91. The van der Waals surface area contributed by atoms with Crippen molar-refractivity contribution in [1.29, 1.82) is 0 Å². The second-order valence-electron chi connectivity index (χ2n) is 10.5. The molecule has 0 saturated carbocycles. The fourth-order valence-electron chi connectivity index (χ4n) is 5.72. The Morgan fingerprint density at radius 2 is 0.952 bits per heavy atom. The smallest absolute Gasteiger partial charge is 0.126 e. The van der Waals surface area contributed by atoms with Crippen molar-refractivity contribution in [3.8, 4) is 22.3 Å². The van der Waals surface area contributed by atoms with Gasteiger partial charge in [0.2, 0.25) is 0 Å². The topological polar surface area (TPSA) is 44.9 Å². The lowest BCUT2D eigenvalue weighted by molar-refractivity contribution is 0.0226. The maximum absolute atomic E-state index is 7.29. The number of imidazole rings is 2. The molecule has 2 aromatic heterocycles. The molecule has 0 N–H and O–H groups in total. The van der Waals surface area contributed by atoms with Gasteiger partial charge in [0.1, 0.15) is 12.2 Å². The number of rotatable bonds is 8. The fourth-order valence-corrected chi connectivity index (χ4v) is 5.72. The summed E-state index contributed by atoms with van der Waals surface area (Å²) in [6.07, 6.45) is 6.75. The van der Waals surface area contributed by atoms with Crippen LogP contribution in [0.1, 0.15) is 45.8 Å². The lowest BCUT2D eigenvalue weighted by Gasteiger charge is -2.29. The average Bonchev–Trinajstić information content (AvgIpc) is 3.63. The Kier molecular flexibility index (Phi) is 8.72. The van der Waals surface area contributed by atoms with Gasteiger partial charge in [0.25, 0.3) is 0 Å². The van der Waals surface area contributed by atoms with Crippen LogP contribution in [0.3, 0.4) is 0 Å². The molecule has 2 unspecified atom stereocenters. The molecule has 0 bridgehead atoms. The van der Waals surface area contributed by atoms with Gasteiger partial charge in [0, 0.05) is 14.1 Å². The molecule has 0 saturated heterocycles. The standard InChI is InChI=1S/C36H34N4O.ClH/c1-25-29(27-13-7-5-8-14-27)17-11-19-31(25)35(33-21-37-23-39(33)3)41-36(34-22-38-24-40(34)4)32-20-12-18-30(26(32)2)28-15-9-6-10-16-28;/h5-24,35-36H,1-4H3;1H. The number of aromatic nitrogens is 4. The Labute approximate surface area is 253 Å². The molecule has 42 heavy (non-hydrogen) atoms. The Bertz CT molecular complexity index is 1640. The maximum Gasteiger partial charge on any atom is 0.126 e. The normalized spacial score (nSPS) is 12.5. The van der Waals surface area contributed by atoms with Gasteiger partial charge in [-0.15, -0.1) is 12.4 Å². The maximum atomic E-state index is 7.29. The number of hydrogen-bond acceptors (Lipinski definition) is 3. The van der Waals surface area contributed by atoms with Gasteiger partial charge < -0.3 is 13.9 Å². The minimum absolute atomic E-state index is 0. The van der Waals surface area contributed by atoms with Gasteiger partial charge in [-0.3, -0.25) is 0 Å². The van der Waals surface area contributed by atoms with Crippen LogP contribution in [-0.4, -0.2) is 19.1 Å². The summed E-state index contributed by atoms with van der Waals surface area (Å²) in [4.78, 5) is 8.95. The first-order valence-corrected chi connectivity index (χ1v) is 13.9. The van der Waals surface area contributed by atoms with Crippen LogP contribution in [0.25, 0.3) is 22.3 Å². The van der Waals surface area contributed by atoms with E-state index in [0.717, 1.165) is 22.5 Å². The number of ether oxygens (including phenoxy) is 1. The summed E-state index contributed by atoms with van der Waals surface area (Å²) >= 11 is 0. The van der Waals surface area contributed by atoms with Crippen molar-refractivity contribution in [3.63, 3.8) is 0 Å². The van der Waals surface area contributed by atoms with Crippen LogP contribution in [0.5, 0.6) is 0 Å². The molecule has 212 valence electrons. The first-order valence-electron chi connectivity index (χ1n) is 13.9. The number of nitrogens with zero attached hydrogens (tertiary/aromatic N) is 4. The molecule has 0 aliphatic rings. The number of benzene rings is 4. The Hall–Kier alpha value is -4.45. The third-order valence-electron chi connectivity index (χ3n) is 8.00. The molecule has 5 nitrogen and oxygen atoms in total. The van der Waals surface area contributed by atoms with Gasteiger partial charge >= 0.3 is 0 Å². The van der Waals surface area contributed by atoms with Crippen LogP contribution in [-0.2, 0) is 18.8 Å². The Balaban J connectivity index is 0.00000353. The number of aryl methyl sites for hydroxylation is 2. The molecule has 0 radical (unpaired) electrons. The van der Waals surface area contributed by atoms with Crippen LogP contribution in [0.15, 0.2) is 122 Å². The van der Waals surface area contributed by atoms with E-state index in [0.29, 0.717) is 0 Å². The first-order chi connectivity index (χ1) is 20.0. The minimum Gasteiger partial charge on any atom is -0.353 e. The van der Waals surface area contributed by atoms with Crippen LogP contribution in [0.4, 0.5) is 0 Å². The molecular weight excluding hydrogens is 540 g/mol. The highest BCUT2D eigenvalue weighted by molar-refractivity contribution is 5.85. The monoisotopic (exact) mass is 574 g/mol. The first kappa shape index (κ1) is 29.1. The highest BCUT2D eigenvalue weighted by atomic mass is 35.5. The molecule has 2 heterocycles. The summed E-state index contributed by atoms with van der Waals surface area (Å²) in [5.41, 5.74) is 11.3. The van der Waals surface area contributed by atoms with E-state index in [4.69, 9.17) is 4.74 Å². The van der Waals surface area contributed by atoms with E-state index < -0.39 is 0 Å². The van der Waals surface area contributed by atoms with Crippen molar-refractivity contribution in [2.45, 2.75) is 26.1 Å². The SMILES string of the molecule is Cc1c(-c2ccccc2)cccc1C(OC(c1cccc(-c2ccccc2)c1C)c1cncn1C)c1cncn1C.Cl. The number of hydrogen-bond donors (Lipinski definition) is 0. The average molecular weight is 575 g/mol. The van der Waals surface area contributed by atoms with Crippen molar-refractivity contribution < 1.29 is 4.74 Å². The molecule has 6 heteroatoms. The van der Waals surface area contributed by atoms with Crippen molar-refractivity contribution in [2.75, 3.05) is 0 Å². The van der Waals surface area contributed by atoms with Crippen LogP contribution in [0.2, 0.25) is 0 Å². The molecule has 0 spiro atoms. The van der Waals surface area contributed by atoms with E-state index in [1.54, 1.807) is 0 Å². The lowest BCUT2D eigenvalue weighted by Crippen LogP contribution is -2.19. The predicted octanol–water partition coefficient (Wildman–Crippen LogP) is 8.42. The van der Waals surface area contributed by atoms with E-state index in [-0.39, 0.29) is 24.6 Å². The highest BCUT2D eigenvalue weighted by Gasteiger charge is 2.30. The van der Waals surface area contributed by atoms with Crippen LogP contribution >= 0.6 is 12.4 Å². The summed E-state index contributed by atoms with van der Waals surface area (Å²) in [5.74, 6) is 0. The third-order valence-corrected chi connectivity index (χ3v) is 8.00. The van der Waals surface area contributed by atoms with E-state index in [9.17, 15) is 0 Å². The summed E-state index contributed by atoms with van der Waals surface area (Å²) in [5, 5.41) is 0. The minimum atomic E-state index is -0.370. The predicted molar refractivity (Wildman–Crippen MR) is 172 cm³/mol. The molecule has 4 aromatic carbocycles. The molecule has 6 aromatic rings. The molecule has 6 rings (SSSR count). The quantitative estimate of drug-likeness (QED) is 0.183. The van der Waals surface area contributed by atoms with Gasteiger partial charge in [0.15, 0.2) is 0 Å². The molecule has 0 amide bonds. The third kappa shape index (κ3) is 5.54. The van der Waals surface area contributed by atoms with Gasteiger partial charge in [-0.05, 0) is 58.4 Å². The highest BCUT2D eigenvalue weighted by Crippen LogP contribution is 2.41. The largest absolute Gasteiger partial charge is 0.353 e. The van der Waals surface area contributed by atoms with Crippen LogP contribution < -0.4 is 0 Å². The van der Waals surface area contributed by atoms with E-state index >= 15 is 0 Å². The van der Waals surface area contributed by atoms with Crippen molar-refractivity contribution in [2.24, 2.45) is 14.1 Å². The Morgan fingerprint density at radius 1 is 0.548 bits per heavy atom. The van der Waals surface area contributed by atoms with E-state index in [1.807, 2.05) is 48.3 Å². The summed E-state index contributed by atoms with van der Waals surface area (Å²) in [6, 6.07) is 34.0. The van der Waals surface area contributed by atoms with Gasteiger partial charge in [-0.2, -0.15) is 0 Å². The summed E-state index contributed by atoms with van der Waals surface area (Å²) in [6.45, 7) is 4.37. The van der Waals surface area contributed by atoms with E-state index in [2.05, 4.69) is 121 Å². The molecule has 2 atom stereocenters. The van der Waals surface area contributed by atoms with Crippen molar-refractivity contribution in [1.82, 2.24) is 19.1 Å². The van der Waals surface area contributed by atoms with E-state index in [1.165, 1.54) is 33.4 Å². The molecule has 0 fully saturated rings. The zero-order valence-electron chi connectivity index (χ0n) is 24.3. The molecular formula is C36H35ClN4O. The summed E-state index contributed by atoms with van der Waals surface area (Å²) < 4.78 is 11.4. The van der Waals surface area contributed by atoms with Gasteiger partial charge in [0.05, 0.1) is 36.4 Å². The molecule has 0 aliphatic heterocycles. The van der Waals surface area contributed by atoms with Crippen molar-refractivity contribution in [3.05, 3.63) is 156 Å². The zero-order chi connectivity index (χ0) is 28.3.